The first-order chi connectivity index (χ1) is 16.6. The Labute approximate surface area is 196 Å². The van der Waals surface area contributed by atoms with Gasteiger partial charge in [-0.2, -0.15) is 4.98 Å². The van der Waals surface area contributed by atoms with Crippen LogP contribution >= 0.6 is 0 Å². The molecule has 0 aliphatic carbocycles. The first-order valence-electron chi connectivity index (χ1n) is 11.8. The highest BCUT2D eigenvalue weighted by atomic mass is 16.3. The lowest BCUT2D eigenvalue weighted by Gasteiger charge is -2.34. The quantitative estimate of drug-likeness (QED) is 0.369. The maximum absolute atomic E-state index is 10.7. The molecule has 2 aliphatic rings. The van der Waals surface area contributed by atoms with Crippen molar-refractivity contribution in [3.63, 3.8) is 0 Å². The van der Waals surface area contributed by atoms with Crippen LogP contribution in [-0.4, -0.2) is 55.0 Å². The summed E-state index contributed by atoms with van der Waals surface area (Å²) >= 11 is 0. The number of hydrogen-bond acceptors (Lipinski definition) is 8. The molecule has 1 saturated heterocycles. The van der Waals surface area contributed by atoms with Crippen molar-refractivity contribution in [2.75, 3.05) is 24.5 Å². The van der Waals surface area contributed by atoms with Crippen LogP contribution in [0.1, 0.15) is 48.5 Å². The molecule has 0 bridgehead atoms. The Kier molecular flexibility index (Phi) is 5.06. The van der Waals surface area contributed by atoms with Crippen LogP contribution in [-0.2, 0) is 6.42 Å². The molecular weight excluding hydrogens is 430 g/mol. The Hall–Kier alpha value is -3.72. The van der Waals surface area contributed by atoms with Gasteiger partial charge < -0.3 is 25.4 Å². The second-order valence-electron chi connectivity index (χ2n) is 9.12. The van der Waals surface area contributed by atoms with Crippen LogP contribution in [0, 0.1) is 0 Å². The number of phenolic OH excluding ortho intramolecular Hbond substituents is 1. The van der Waals surface area contributed by atoms with Gasteiger partial charge in [0.05, 0.1) is 11.7 Å². The van der Waals surface area contributed by atoms with Crippen molar-refractivity contribution in [2.45, 2.75) is 38.1 Å². The number of para-hydroxylation sites is 1. The predicted octanol–water partition coefficient (Wildman–Crippen LogP) is 3.42. The molecule has 6 rings (SSSR count). The van der Waals surface area contributed by atoms with Gasteiger partial charge in [0.2, 0.25) is 11.8 Å². The fourth-order valence-electron chi connectivity index (χ4n) is 5.35. The lowest BCUT2D eigenvalue weighted by molar-refractivity contribution is 0.408. The summed E-state index contributed by atoms with van der Waals surface area (Å²) in [5.41, 5.74) is 5.08. The van der Waals surface area contributed by atoms with E-state index >= 15 is 0 Å². The summed E-state index contributed by atoms with van der Waals surface area (Å²) in [5.74, 6) is 1.08. The van der Waals surface area contributed by atoms with Crippen LogP contribution in [0.5, 0.6) is 11.6 Å². The summed E-state index contributed by atoms with van der Waals surface area (Å²) in [6.07, 6.45) is 4.54. The first kappa shape index (κ1) is 20.9. The van der Waals surface area contributed by atoms with Gasteiger partial charge in [-0.05, 0) is 57.0 Å². The number of hydrogen-bond donors (Lipinski definition) is 4. The Morgan fingerprint density at radius 2 is 1.91 bits per heavy atom. The number of aromatic hydroxyl groups is 2. The third kappa shape index (κ3) is 3.43. The highest BCUT2D eigenvalue weighted by Crippen LogP contribution is 2.39. The second-order valence-corrected chi connectivity index (χ2v) is 9.12. The van der Waals surface area contributed by atoms with Crippen molar-refractivity contribution >= 4 is 17.0 Å². The SMILES string of the molecule is C[C@@H]1c2c([nH]c3nnc(-c4ccccc4O)cc23)CCN1c1ncc(C2CCNCC2)c(O)n1. The van der Waals surface area contributed by atoms with Crippen LogP contribution in [0.4, 0.5) is 5.95 Å². The number of H-pyrrole nitrogens is 1. The smallest absolute Gasteiger partial charge is 0.229 e. The molecule has 34 heavy (non-hydrogen) atoms. The molecule has 0 radical (unpaired) electrons. The minimum absolute atomic E-state index is 0.0250. The molecule has 4 N–H and O–H groups in total. The number of aromatic nitrogens is 5. The van der Waals surface area contributed by atoms with Gasteiger partial charge in [0.15, 0.2) is 5.65 Å². The van der Waals surface area contributed by atoms with E-state index in [1.54, 1.807) is 18.3 Å². The second kappa shape index (κ2) is 8.25. The number of fused-ring (bicyclic) bond motifs is 3. The van der Waals surface area contributed by atoms with E-state index < -0.39 is 0 Å². The van der Waals surface area contributed by atoms with E-state index in [2.05, 4.69) is 42.3 Å². The fraction of sp³-hybridized carbons (Fsp3) is 0.360. The molecule has 9 heteroatoms. The predicted molar refractivity (Wildman–Crippen MR) is 129 cm³/mol. The van der Waals surface area contributed by atoms with Crippen LogP contribution in [0.25, 0.3) is 22.3 Å². The highest BCUT2D eigenvalue weighted by Gasteiger charge is 2.31. The maximum Gasteiger partial charge on any atom is 0.229 e. The molecule has 1 atom stereocenters. The molecule has 0 spiro atoms. The van der Waals surface area contributed by atoms with Gasteiger partial charge in [-0.25, -0.2) is 4.98 Å². The molecule has 2 aliphatic heterocycles. The van der Waals surface area contributed by atoms with Crippen LogP contribution < -0.4 is 10.2 Å². The average molecular weight is 458 g/mol. The summed E-state index contributed by atoms with van der Waals surface area (Å²) in [4.78, 5) is 14.7. The van der Waals surface area contributed by atoms with Gasteiger partial charge in [0.25, 0.3) is 0 Å². The number of piperidine rings is 1. The molecule has 1 fully saturated rings. The van der Waals surface area contributed by atoms with Gasteiger partial charge in [-0.1, -0.05) is 12.1 Å². The topological polar surface area (TPSA) is 123 Å². The summed E-state index contributed by atoms with van der Waals surface area (Å²) in [6, 6.07) is 9.09. The van der Waals surface area contributed by atoms with Crippen molar-refractivity contribution < 1.29 is 10.2 Å². The molecule has 1 aromatic carbocycles. The van der Waals surface area contributed by atoms with Crippen LogP contribution in [0.3, 0.4) is 0 Å². The van der Waals surface area contributed by atoms with Gasteiger partial charge in [0.1, 0.15) is 5.75 Å². The van der Waals surface area contributed by atoms with E-state index in [9.17, 15) is 10.2 Å². The number of aromatic amines is 1. The Morgan fingerprint density at radius 1 is 1.09 bits per heavy atom. The van der Waals surface area contributed by atoms with Crippen LogP contribution in [0.15, 0.2) is 36.5 Å². The zero-order valence-electron chi connectivity index (χ0n) is 19.0. The monoisotopic (exact) mass is 457 g/mol. The third-order valence-corrected chi connectivity index (χ3v) is 7.17. The van der Waals surface area contributed by atoms with Gasteiger partial charge in [-0.3, -0.25) is 0 Å². The summed E-state index contributed by atoms with van der Waals surface area (Å²) < 4.78 is 0. The molecule has 3 aromatic heterocycles. The van der Waals surface area contributed by atoms with Gasteiger partial charge >= 0.3 is 0 Å². The minimum Gasteiger partial charge on any atom is -0.507 e. The summed E-state index contributed by atoms with van der Waals surface area (Å²) in [5, 5.41) is 34.1. The van der Waals surface area contributed by atoms with Crippen molar-refractivity contribution in [1.29, 1.82) is 0 Å². The molecule has 9 nitrogen and oxygen atoms in total. The lowest BCUT2D eigenvalue weighted by Crippen LogP contribution is -2.35. The number of benzene rings is 1. The normalized spacial score (nSPS) is 18.9. The van der Waals surface area contributed by atoms with Gasteiger partial charge in [0, 0.05) is 46.9 Å². The van der Waals surface area contributed by atoms with Crippen molar-refractivity contribution in [3.05, 3.63) is 53.3 Å². The molecule has 0 amide bonds. The highest BCUT2D eigenvalue weighted by molar-refractivity contribution is 5.86. The summed E-state index contributed by atoms with van der Waals surface area (Å²) in [6.45, 7) is 4.74. The summed E-state index contributed by atoms with van der Waals surface area (Å²) in [7, 11) is 0. The van der Waals surface area contributed by atoms with Crippen LogP contribution in [0.2, 0.25) is 0 Å². The number of nitrogens with one attached hydrogen (secondary N) is 2. The zero-order valence-corrected chi connectivity index (χ0v) is 19.0. The van der Waals surface area contributed by atoms with E-state index in [4.69, 9.17) is 0 Å². The minimum atomic E-state index is -0.0250. The molecule has 0 unspecified atom stereocenters. The average Bonchev–Trinajstić information content (AvgIpc) is 3.24. The molecule has 4 aromatic rings. The van der Waals surface area contributed by atoms with E-state index in [0.717, 1.165) is 66.8 Å². The van der Waals surface area contributed by atoms with Gasteiger partial charge in [-0.15, -0.1) is 10.2 Å². The van der Waals surface area contributed by atoms with E-state index in [1.165, 1.54) is 0 Å². The van der Waals surface area contributed by atoms with E-state index in [1.807, 2.05) is 18.2 Å². The number of rotatable bonds is 3. The number of phenols is 1. The van der Waals surface area contributed by atoms with Crippen molar-refractivity contribution in [1.82, 2.24) is 30.5 Å². The molecule has 174 valence electrons. The molecule has 5 heterocycles. The number of anilines is 1. The largest absolute Gasteiger partial charge is 0.507 e. The van der Waals surface area contributed by atoms with Crippen molar-refractivity contribution in [2.24, 2.45) is 0 Å². The zero-order chi connectivity index (χ0) is 23.2. The molecule has 0 saturated carbocycles. The maximum atomic E-state index is 10.7. The Balaban J connectivity index is 1.35. The first-order valence-corrected chi connectivity index (χ1v) is 11.8. The number of nitrogens with zero attached hydrogens (tertiary/aromatic N) is 5. The standard InChI is InChI=1S/C25H27N7O2/c1-14-22-17-12-20(16-4-2-3-5-21(16)33)30-31-23(17)28-19(22)8-11-32(14)25-27-13-18(24(34)29-25)15-6-9-26-10-7-15/h2-5,12-15,26,33H,6-11H2,1H3,(H,28,31)(H,27,29,34)/t14-/m1/s1. The van der Waals surface area contributed by atoms with E-state index in [0.29, 0.717) is 23.1 Å². The van der Waals surface area contributed by atoms with E-state index in [-0.39, 0.29) is 17.7 Å². The molecular formula is C25H27N7O2. The fourth-order valence-corrected chi connectivity index (χ4v) is 5.35. The Bertz CT molecular complexity index is 1360. The third-order valence-electron chi connectivity index (χ3n) is 7.17. The lowest BCUT2D eigenvalue weighted by atomic mass is 9.92. The van der Waals surface area contributed by atoms with Crippen molar-refractivity contribution in [3.8, 4) is 22.9 Å². The Morgan fingerprint density at radius 3 is 2.71 bits per heavy atom.